The predicted octanol–water partition coefficient (Wildman–Crippen LogP) is 4.49. The second-order valence-electron chi connectivity index (χ2n) is 11.5. The predicted molar refractivity (Wildman–Crippen MR) is 138 cm³/mol. The van der Waals surface area contributed by atoms with Gasteiger partial charge in [0, 0.05) is 33.4 Å². The molecule has 0 radical (unpaired) electrons. The largest absolute Gasteiger partial charge is 0.420 e. The van der Waals surface area contributed by atoms with Crippen molar-refractivity contribution in [2.75, 3.05) is 27.2 Å². The number of amides is 1. The number of piperidine rings is 1. The Morgan fingerprint density at radius 2 is 1.89 bits per heavy atom. The number of hydrogen-bond donors (Lipinski definition) is 0. The molecule has 0 bridgehead atoms. The van der Waals surface area contributed by atoms with Crippen LogP contribution in [0.5, 0.6) is 0 Å². The molecule has 1 saturated heterocycles. The SMILES string of the molecule is CC1CC(C(=O)N(C)C)(c2cccc(-n3nc4c(C(F)(F)F)cc(CN5CCC[C@H](C)C5)cn4c3=O)c2)C1. The van der Waals surface area contributed by atoms with E-state index in [4.69, 9.17) is 0 Å². The van der Waals surface area contributed by atoms with Crippen molar-refractivity contribution in [3.8, 4) is 5.69 Å². The van der Waals surface area contributed by atoms with Crippen LogP contribution in [0.3, 0.4) is 0 Å². The molecule has 3 aromatic rings. The number of pyridine rings is 1. The second kappa shape index (κ2) is 9.55. The van der Waals surface area contributed by atoms with Crippen LogP contribution >= 0.6 is 0 Å². The summed E-state index contributed by atoms with van der Waals surface area (Å²) in [6.07, 6.45) is 0.252. The number of fused-ring (bicyclic) bond motifs is 1. The van der Waals surface area contributed by atoms with Gasteiger partial charge in [-0.2, -0.15) is 17.9 Å². The van der Waals surface area contributed by atoms with Crippen molar-refractivity contribution in [1.82, 2.24) is 24.0 Å². The molecule has 2 fully saturated rings. The lowest BCUT2D eigenvalue weighted by atomic mass is 9.58. The van der Waals surface area contributed by atoms with E-state index in [0.29, 0.717) is 42.5 Å². The number of carbonyl (C=O) groups is 1. The van der Waals surface area contributed by atoms with Gasteiger partial charge < -0.3 is 4.90 Å². The van der Waals surface area contributed by atoms with Gasteiger partial charge in [0.05, 0.1) is 11.1 Å². The first-order valence-corrected chi connectivity index (χ1v) is 13.2. The molecule has 7 nitrogen and oxygen atoms in total. The summed E-state index contributed by atoms with van der Waals surface area (Å²) >= 11 is 0. The Balaban J connectivity index is 1.59. The Hall–Kier alpha value is -3.14. The van der Waals surface area contributed by atoms with Crippen molar-refractivity contribution < 1.29 is 18.0 Å². The zero-order valence-electron chi connectivity index (χ0n) is 22.3. The van der Waals surface area contributed by atoms with Crippen LogP contribution < -0.4 is 5.69 Å². The topological polar surface area (TPSA) is 62.9 Å². The molecule has 0 unspecified atom stereocenters. The standard InChI is InChI=1S/C28H34F3N5O2/c1-18-7-6-10-34(15-18)16-20-11-23(28(29,30)31)24-32-36(26(38)35(24)17-20)22-9-5-8-21(12-22)27(13-19(2)14-27)25(37)33(3)4/h5,8-9,11-12,17-19H,6-7,10,13-16H2,1-4H3/t18-,19?,27?/m0/s1. The maximum absolute atomic E-state index is 14.1. The molecular formula is C28H34F3N5O2. The van der Waals surface area contributed by atoms with Crippen molar-refractivity contribution in [1.29, 1.82) is 0 Å². The molecule has 204 valence electrons. The number of nitrogens with zero attached hydrogens (tertiary/aromatic N) is 5. The van der Waals surface area contributed by atoms with Crippen LogP contribution in [0.4, 0.5) is 13.2 Å². The first-order chi connectivity index (χ1) is 17.9. The summed E-state index contributed by atoms with van der Waals surface area (Å²) in [7, 11) is 3.43. The van der Waals surface area contributed by atoms with Gasteiger partial charge in [0.1, 0.15) is 5.56 Å². The van der Waals surface area contributed by atoms with E-state index in [2.05, 4.69) is 23.8 Å². The van der Waals surface area contributed by atoms with Crippen LogP contribution in [0, 0.1) is 11.8 Å². The average Bonchev–Trinajstić information content (AvgIpc) is 3.16. The number of aromatic nitrogens is 3. The van der Waals surface area contributed by atoms with Gasteiger partial charge in [0.25, 0.3) is 0 Å². The van der Waals surface area contributed by atoms with Gasteiger partial charge in [0.2, 0.25) is 5.91 Å². The lowest BCUT2D eigenvalue weighted by Crippen LogP contribution is -2.52. The van der Waals surface area contributed by atoms with Crippen LogP contribution in [0.15, 0.2) is 41.3 Å². The zero-order chi connectivity index (χ0) is 27.4. The summed E-state index contributed by atoms with van der Waals surface area (Å²) in [6.45, 7) is 6.19. The van der Waals surface area contributed by atoms with Gasteiger partial charge in [-0.15, -0.1) is 5.10 Å². The molecule has 0 spiro atoms. The van der Waals surface area contributed by atoms with Gasteiger partial charge in [0.15, 0.2) is 5.65 Å². The molecule has 5 rings (SSSR count). The highest BCUT2D eigenvalue weighted by molar-refractivity contribution is 5.89. The van der Waals surface area contributed by atoms with Crippen molar-refractivity contribution in [2.24, 2.45) is 11.8 Å². The maximum Gasteiger partial charge on any atom is 0.420 e. The zero-order valence-corrected chi connectivity index (χ0v) is 22.3. The fourth-order valence-electron chi connectivity index (χ4n) is 6.31. The number of benzene rings is 1. The van der Waals surface area contributed by atoms with E-state index in [9.17, 15) is 22.8 Å². The minimum absolute atomic E-state index is 0.0221. The van der Waals surface area contributed by atoms with Gasteiger partial charge in [-0.25, -0.2) is 9.20 Å². The van der Waals surface area contributed by atoms with Crippen LogP contribution in [0.2, 0.25) is 0 Å². The van der Waals surface area contributed by atoms with Crippen molar-refractivity contribution in [2.45, 2.75) is 57.7 Å². The fraction of sp³-hybridized carbons (Fsp3) is 0.536. The first-order valence-electron chi connectivity index (χ1n) is 13.2. The van der Waals surface area contributed by atoms with Crippen LogP contribution in [-0.4, -0.2) is 57.1 Å². The second-order valence-corrected chi connectivity index (χ2v) is 11.5. The highest BCUT2D eigenvalue weighted by atomic mass is 19.4. The van der Waals surface area contributed by atoms with Gasteiger partial charge >= 0.3 is 11.9 Å². The summed E-state index contributed by atoms with van der Waals surface area (Å²) in [5.41, 5.74) is -1.25. The Bertz CT molecular complexity index is 1420. The molecule has 2 aliphatic rings. The molecule has 0 N–H and O–H groups in total. The first kappa shape index (κ1) is 26.5. The van der Waals surface area contributed by atoms with Gasteiger partial charge in [-0.3, -0.25) is 9.69 Å². The van der Waals surface area contributed by atoms with Crippen molar-refractivity contribution >= 4 is 11.6 Å². The molecule has 1 aromatic carbocycles. The number of alkyl halides is 3. The van der Waals surface area contributed by atoms with E-state index in [-0.39, 0.29) is 5.91 Å². The lowest BCUT2D eigenvalue weighted by molar-refractivity contribution is -0.140. The number of likely N-dealkylation sites (N-methyl/N-ethyl adjacent to an activating group) is 1. The third-order valence-electron chi connectivity index (χ3n) is 7.98. The van der Waals surface area contributed by atoms with Crippen LogP contribution in [0.1, 0.15) is 56.2 Å². The van der Waals surface area contributed by atoms with Crippen molar-refractivity contribution in [3.05, 3.63) is 63.7 Å². The molecule has 1 aliphatic heterocycles. The number of likely N-dealkylation sites (tertiary alicyclic amines) is 1. The molecule has 1 saturated carbocycles. The minimum atomic E-state index is -4.67. The van der Waals surface area contributed by atoms with E-state index in [1.165, 1.54) is 6.20 Å². The highest BCUT2D eigenvalue weighted by Gasteiger charge is 2.50. The highest BCUT2D eigenvalue weighted by Crippen LogP contribution is 2.49. The van der Waals surface area contributed by atoms with Gasteiger partial charge in [-0.05, 0) is 73.4 Å². The summed E-state index contributed by atoms with van der Waals surface area (Å²) < 4.78 is 44.4. The number of carbonyl (C=O) groups excluding carboxylic acids is 1. The molecule has 1 amide bonds. The molecule has 1 aliphatic carbocycles. The molecular weight excluding hydrogens is 495 g/mol. The summed E-state index contributed by atoms with van der Waals surface area (Å²) in [4.78, 5) is 30.3. The summed E-state index contributed by atoms with van der Waals surface area (Å²) in [5.74, 6) is 0.830. The molecule has 38 heavy (non-hydrogen) atoms. The number of halogens is 3. The van der Waals surface area contributed by atoms with E-state index in [0.717, 1.165) is 46.6 Å². The monoisotopic (exact) mass is 529 g/mol. The maximum atomic E-state index is 14.1. The normalized spacial score (nSPS) is 24.4. The quantitative estimate of drug-likeness (QED) is 0.489. The Labute approximate surface area is 219 Å². The average molecular weight is 530 g/mol. The molecule has 3 heterocycles. The lowest BCUT2D eigenvalue weighted by Gasteiger charge is -2.46. The van der Waals surface area contributed by atoms with Crippen LogP contribution in [-0.2, 0) is 22.9 Å². The number of rotatable bonds is 5. The fourth-order valence-corrected chi connectivity index (χ4v) is 6.31. The van der Waals surface area contributed by atoms with Crippen LogP contribution in [0.25, 0.3) is 11.3 Å². The van der Waals surface area contributed by atoms with E-state index in [1.54, 1.807) is 37.2 Å². The van der Waals surface area contributed by atoms with Gasteiger partial charge in [-0.1, -0.05) is 26.0 Å². The molecule has 2 aromatic heterocycles. The Morgan fingerprint density at radius 3 is 2.53 bits per heavy atom. The van der Waals surface area contributed by atoms with E-state index < -0.39 is 28.5 Å². The Kier molecular flexibility index (Phi) is 6.65. The number of hydrogen-bond acceptors (Lipinski definition) is 4. The smallest absolute Gasteiger partial charge is 0.348 e. The minimum Gasteiger partial charge on any atom is -0.348 e. The summed E-state index contributed by atoms with van der Waals surface area (Å²) in [5, 5.41) is 4.15. The van der Waals surface area contributed by atoms with E-state index >= 15 is 0 Å². The summed E-state index contributed by atoms with van der Waals surface area (Å²) in [6, 6.07) is 8.03. The third kappa shape index (κ3) is 4.63. The third-order valence-corrected chi connectivity index (χ3v) is 7.98. The molecule has 10 heteroatoms. The Morgan fingerprint density at radius 1 is 1.16 bits per heavy atom. The van der Waals surface area contributed by atoms with Crippen molar-refractivity contribution in [3.63, 3.8) is 0 Å². The molecule has 1 atom stereocenters. The van der Waals surface area contributed by atoms with E-state index in [1.807, 2.05) is 6.07 Å².